The summed E-state index contributed by atoms with van der Waals surface area (Å²) in [5.74, 6) is -0.658. The fraction of sp³-hybridized carbons (Fsp3) is 0.300. The standard InChI is InChI=1S/C20H22N2O6S/c1-13(19(23)21-16-6-4-5-7-18(16)27-2)28-20(24)15-8-9-17-14(12-15)10-11-22(17)29(3,25)26/h4-9,12-13H,10-11H2,1-3H3,(H,21,23)/t13-/m1/s1. The Morgan fingerprint density at radius 1 is 1.17 bits per heavy atom. The molecule has 1 N–H and O–H groups in total. The van der Waals surface area contributed by atoms with Gasteiger partial charge < -0.3 is 14.8 Å². The molecule has 1 atom stereocenters. The molecule has 0 spiro atoms. The zero-order valence-electron chi connectivity index (χ0n) is 16.3. The van der Waals surface area contributed by atoms with Gasteiger partial charge in [0.15, 0.2) is 6.10 Å². The Balaban J connectivity index is 1.68. The minimum atomic E-state index is -3.36. The molecule has 9 heteroatoms. The van der Waals surface area contributed by atoms with E-state index in [-0.39, 0.29) is 5.56 Å². The fourth-order valence-electron chi connectivity index (χ4n) is 3.11. The van der Waals surface area contributed by atoms with E-state index in [2.05, 4.69) is 5.32 Å². The molecule has 0 saturated heterocycles. The first-order valence-corrected chi connectivity index (χ1v) is 10.8. The number of methoxy groups -OCH3 is 1. The number of esters is 1. The van der Waals surface area contributed by atoms with Gasteiger partial charge in [0.05, 0.1) is 30.3 Å². The Morgan fingerprint density at radius 3 is 2.59 bits per heavy atom. The van der Waals surface area contributed by atoms with Crippen LogP contribution in [0.1, 0.15) is 22.8 Å². The molecule has 1 aliphatic rings. The third-order valence-corrected chi connectivity index (χ3v) is 5.77. The first-order valence-electron chi connectivity index (χ1n) is 8.96. The maximum absolute atomic E-state index is 12.5. The third kappa shape index (κ3) is 4.51. The zero-order chi connectivity index (χ0) is 21.2. The molecule has 1 aliphatic heterocycles. The zero-order valence-corrected chi connectivity index (χ0v) is 17.2. The van der Waals surface area contributed by atoms with E-state index in [4.69, 9.17) is 9.47 Å². The van der Waals surface area contributed by atoms with E-state index in [0.29, 0.717) is 30.1 Å². The summed E-state index contributed by atoms with van der Waals surface area (Å²) < 4.78 is 35.4. The van der Waals surface area contributed by atoms with E-state index in [1.807, 2.05) is 0 Å². The lowest BCUT2D eigenvalue weighted by atomic mass is 10.1. The van der Waals surface area contributed by atoms with Crippen molar-refractivity contribution in [1.82, 2.24) is 0 Å². The Labute approximate surface area is 169 Å². The predicted octanol–water partition coefficient (Wildman–Crippen LogP) is 2.20. The van der Waals surface area contributed by atoms with E-state index in [9.17, 15) is 18.0 Å². The van der Waals surface area contributed by atoms with Crippen LogP contribution in [0.25, 0.3) is 0 Å². The van der Waals surface area contributed by atoms with Crippen molar-refractivity contribution in [3.05, 3.63) is 53.6 Å². The lowest BCUT2D eigenvalue weighted by molar-refractivity contribution is -0.123. The molecule has 2 aromatic rings. The molecule has 2 aromatic carbocycles. The molecular weight excluding hydrogens is 396 g/mol. The molecule has 1 heterocycles. The maximum atomic E-state index is 12.5. The number of fused-ring (bicyclic) bond motifs is 1. The van der Waals surface area contributed by atoms with Gasteiger partial charge in [0.2, 0.25) is 10.0 Å². The van der Waals surface area contributed by atoms with Crippen LogP contribution in [-0.2, 0) is 26.0 Å². The molecule has 0 aromatic heterocycles. The van der Waals surface area contributed by atoms with Crippen LogP contribution in [0.2, 0.25) is 0 Å². The molecule has 154 valence electrons. The molecule has 8 nitrogen and oxygen atoms in total. The number of para-hydroxylation sites is 2. The number of rotatable bonds is 6. The van der Waals surface area contributed by atoms with Crippen molar-refractivity contribution >= 4 is 33.3 Å². The van der Waals surface area contributed by atoms with E-state index in [0.717, 1.165) is 11.8 Å². The number of benzene rings is 2. The average Bonchev–Trinajstić information content (AvgIpc) is 3.11. The van der Waals surface area contributed by atoms with Crippen LogP contribution < -0.4 is 14.4 Å². The number of carbonyl (C=O) groups is 2. The fourth-order valence-corrected chi connectivity index (χ4v) is 4.07. The Hall–Kier alpha value is -3.07. The second-order valence-electron chi connectivity index (χ2n) is 6.67. The minimum absolute atomic E-state index is 0.260. The number of amides is 1. The van der Waals surface area contributed by atoms with Gasteiger partial charge in [-0.1, -0.05) is 12.1 Å². The second kappa shape index (κ2) is 8.12. The van der Waals surface area contributed by atoms with Crippen LogP contribution in [0.5, 0.6) is 5.75 Å². The normalized spacial score (nSPS) is 14.1. The van der Waals surface area contributed by atoms with Gasteiger partial charge in [-0.3, -0.25) is 9.10 Å². The third-order valence-electron chi connectivity index (χ3n) is 4.59. The lowest BCUT2D eigenvalue weighted by Gasteiger charge is -2.17. The van der Waals surface area contributed by atoms with Crippen molar-refractivity contribution in [2.45, 2.75) is 19.4 Å². The van der Waals surface area contributed by atoms with Crippen molar-refractivity contribution in [1.29, 1.82) is 0 Å². The van der Waals surface area contributed by atoms with Crippen LogP contribution >= 0.6 is 0 Å². The number of hydrogen-bond acceptors (Lipinski definition) is 6. The van der Waals surface area contributed by atoms with Crippen molar-refractivity contribution in [3.8, 4) is 5.75 Å². The highest BCUT2D eigenvalue weighted by molar-refractivity contribution is 7.92. The maximum Gasteiger partial charge on any atom is 0.338 e. The van der Waals surface area contributed by atoms with Crippen molar-refractivity contribution < 1.29 is 27.5 Å². The molecule has 0 fully saturated rings. The first-order chi connectivity index (χ1) is 13.7. The summed E-state index contributed by atoms with van der Waals surface area (Å²) in [5, 5.41) is 2.67. The Morgan fingerprint density at radius 2 is 1.90 bits per heavy atom. The van der Waals surface area contributed by atoms with E-state index in [1.54, 1.807) is 36.4 Å². The van der Waals surface area contributed by atoms with E-state index in [1.165, 1.54) is 24.4 Å². The average molecular weight is 418 g/mol. The monoisotopic (exact) mass is 418 g/mol. The largest absolute Gasteiger partial charge is 0.495 e. The molecule has 0 radical (unpaired) electrons. The van der Waals surface area contributed by atoms with Gasteiger partial charge in [-0.2, -0.15) is 0 Å². The van der Waals surface area contributed by atoms with Gasteiger partial charge in [-0.15, -0.1) is 0 Å². The number of carbonyl (C=O) groups excluding carboxylic acids is 2. The van der Waals surface area contributed by atoms with Crippen LogP contribution in [0.4, 0.5) is 11.4 Å². The summed E-state index contributed by atoms with van der Waals surface area (Å²) in [5.41, 5.74) is 2.04. The second-order valence-corrected chi connectivity index (χ2v) is 8.57. The van der Waals surface area contributed by atoms with Crippen molar-refractivity contribution in [3.63, 3.8) is 0 Å². The number of nitrogens with one attached hydrogen (secondary N) is 1. The molecule has 0 unspecified atom stereocenters. The van der Waals surface area contributed by atoms with Gasteiger partial charge in [0, 0.05) is 6.54 Å². The smallest absolute Gasteiger partial charge is 0.338 e. The highest BCUT2D eigenvalue weighted by Gasteiger charge is 2.27. The van der Waals surface area contributed by atoms with Gasteiger partial charge in [0.1, 0.15) is 5.75 Å². The summed E-state index contributed by atoms with van der Waals surface area (Å²) in [7, 11) is -1.87. The molecule has 0 saturated carbocycles. The minimum Gasteiger partial charge on any atom is -0.495 e. The van der Waals surface area contributed by atoms with Gasteiger partial charge in [-0.05, 0) is 49.2 Å². The van der Waals surface area contributed by atoms with Gasteiger partial charge in [0.25, 0.3) is 5.91 Å². The summed E-state index contributed by atoms with van der Waals surface area (Å²) in [4.78, 5) is 24.8. The quantitative estimate of drug-likeness (QED) is 0.722. The molecule has 1 amide bonds. The number of hydrogen-bond donors (Lipinski definition) is 1. The highest BCUT2D eigenvalue weighted by Crippen LogP contribution is 2.31. The first kappa shape index (κ1) is 20.7. The van der Waals surface area contributed by atoms with Crippen LogP contribution in [0.3, 0.4) is 0 Å². The van der Waals surface area contributed by atoms with E-state index < -0.39 is 28.0 Å². The number of ether oxygens (including phenoxy) is 2. The molecule has 0 aliphatic carbocycles. The summed E-state index contributed by atoms with van der Waals surface area (Å²) in [6.45, 7) is 1.81. The number of nitrogens with zero attached hydrogens (tertiary/aromatic N) is 1. The SMILES string of the molecule is COc1ccccc1NC(=O)[C@@H](C)OC(=O)c1ccc2c(c1)CCN2S(C)(=O)=O. The van der Waals surface area contributed by atoms with Gasteiger partial charge >= 0.3 is 5.97 Å². The molecule has 0 bridgehead atoms. The summed E-state index contributed by atoms with van der Waals surface area (Å²) >= 11 is 0. The van der Waals surface area contributed by atoms with E-state index >= 15 is 0 Å². The Kier molecular flexibility index (Phi) is 5.78. The summed E-state index contributed by atoms with van der Waals surface area (Å²) in [6.07, 6.45) is 0.618. The molecule has 3 rings (SSSR count). The summed E-state index contributed by atoms with van der Waals surface area (Å²) in [6, 6.07) is 11.6. The predicted molar refractivity (Wildman–Crippen MR) is 109 cm³/mol. The lowest BCUT2D eigenvalue weighted by Crippen LogP contribution is -2.30. The van der Waals surface area contributed by atoms with Gasteiger partial charge in [-0.25, -0.2) is 13.2 Å². The topological polar surface area (TPSA) is 102 Å². The van der Waals surface area contributed by atoms with Crippen molar-refractivity contribution in [2.24, 2.45) is 0 Å². The van der Waals surface area contributed by atoms with Crippen LogP contribution in [0, 0.1) is 0 Å². The molecular formula is C20H22N2O6S. The number of anilines is 2. The van der Waals surface area contributed by atoms with Crippen LogP contribution in [0.15, 0.2) is 42.5 Å². The highest BCUT2D eigenvalue weighted by atomic mass is 32.2. The van der Waals surface area contributed by atoms with Crippen LogP contribution in [-0.4, -0.2) is 46.3 Å². The van der Waals surface area contributed by atoms with Crippen molar-refractivity contribution in [2.75, 3.05) is 29.5 Å². The number of sulfonamides is 1. The molecule has 29 heavy (non-hydrogen) atoms. The Bertz CT molecular complexity index is 1050.